The van der Waals surface area contributed by atoms with Gasteiger partial charge in [0.05, 0.1) is 12.7 Å². The first-order valence-corrected chi connectivity index (χ1v) is 9.50. The molecule has 0 aromatic rings. The molecule has 0 fully saturated rings. The van der Waals surface area contributed by atoms with Gasteiger partial charge in [-0.15, -0.1) is 0 Å². The van der Waals surface area contributed by atoms with E-state index in [0.717, 1.165) is 0 Å². The van der Waals surface area contributed by atoms with Gasteiger partial charge in [0.25, 0.3) is 0 Å². The average Bonchev–Trinajstić information content (AvgIpc) is 2.68. The Balaban J connectivity index is 0. The largest absolute Gasteiger partial charge is 0.480 e. The topological polar surface area (TPSA) is 226 Å². The molecule has 0 aromatic heterocycles. The summed E-state index contributed by atoms with van der Waals surface area (Å²) < 4.78 is 0. The fourth-order valence-electron chi connectivity index (χ4n) is 1.66. The van der Waals surface area contributed by atoms with Crippen molar-refractivity contribution in [3.05, 3.63) is 0 Å². The van der Waals surface area contributed by atoms with Gasteiger partial charge < -0.3 is 52.1 Å². The van der Waals surface area contributed by atoms with Gasteiger partial charge in [0.1, 0.15) is 30.4 Å². The highest BCUT2D eigenvalue weighted by atomic mass is 32.1. The van der Waals surface area contributed by atoms with E-state index < -0.39 is 55.0 Å². The minimum Gasteiger partial charge on any atom is -0.480 e. The highest BCUT2D eigenvalue weighted by molar-refractivity contribution is 7.80. The number of nitrogens with one attached hydrogen (secondary N) is 2. The number of aliphatic hydroxyl groups is 5. The summed E-state index contributed by atoms with van der Waals surface area (Å²) in [5.41, 5.74) is 4.99. The predicted octanol–water partition coefficient (Wildman–Crippen LogP) is -4.69. The Morgan fingerprint density at radius 3 is 1.43 bits per heavy atom. The molecular weight excluding hydrogens is 418 g/mol. The van der Waals surface area contributed by atoms with Gasteiger partial charge in [-0.1, -0.05) is 0 Å². The lowest BCUT2D eigenvalue weighted by molar-refractivity contribution is -0.140. The summed E-state index contributed by atoms with van der Waals surface area (Å²) >= 11 is 7.76. The van der Waals surface area contributed by atoms with E-state index in [9.17, 15) is 9.59 Å². The summed E-state index contributed by atoms with van der Waals surface area (Å²) in [5.74, 6) is -1.58. The molecule has 28 heavy (non-hydrogen) atoms. The highest BCUT2D eigenvalue weighted by Crippen LogP contribution is 2.03. The van der Waals surface area contributed by atoms with Crippen LogP contribution in [0.4, 0.5) is 0 Å². The quantitative estimate of drug-likeness (QED) is 0.0887. The summed E-state index contributed by atoms with van der Waals surface area (Å²) in [6, 6.07) is -1.44. The van der Waals surface area contributed by atoms with Crippen LogP contribution in [0.1, 0.15) is 0 Å². The fraction of sp³-hybridized carbons (Fsp3) is 0.857. The van der Waals surface area contributed by atoms with Crippen molar-refractivity contribution in [2.45, 2.75) is 36.5 Å². The molecule has 0 aliphatic carbocycles. The second kappa shape index (κ2) is 17.2. The minimum absolute atomic E-state index is 0.185. The smallest absolute Gasteiger partial charge is 0.321 e. The van der Waals surface area contributed by atoms with E-state index in [2.05, 4.69) is 35.9 Å². The van der Waals surface area contributed by atoms with Crippen LogP contribution in [-0.4, -0.2) is 122 Å². The lowest BCUT2D eigenvalue weighted by Crippen LogP contribution is -2.48. The van der Waals surface area contributed by atoms with Crippen LogP contribution >= 0.6 is 25.3 Å². The Labute approximate surface area is 173 Å². The van der Waals surface area contributed by atoms with Gasteiger partial charge in [0.2, 0.25) is 0 Å². The van der Waals surface area contributed by atoms with E-state index in [1.807, 2.05) is 0 Å². The van der Waals surface area contributed by atoms with Crippen LogP contribution in [0.3, 0.4) is 0 Å². The molecule has 14 heteroatoms. The van der Waals surface area contributed by atoms with Gasteiger partial charge >= 0.3 is 11.9 Å². The third-order valence-electron chi connectivity index (χ3n) is 3.43. The molecule has 12 nitrogen and oxygen atoms in total. The number of rotatable bonds is 14. The maximum absolute atomic E-state index is 10.6. The maximum atomic E-state index is 10.6. The van der Waals surface area contributed by atoms with Crippen molar-refractivity contribution in [1.29, 1.82) is 0 Å². The third kappa shape index (κ3) is 12.7. The number of carboxylic acids is 2. The molecular formula is C14H31N3O9S2. The number of carbonyl (C=O) groups is 2. The van der Waals surface area contributed by atoms with E-state index in [0.29, 0.717) is 13.1 Å². The minimum atomic E-state index is -1.59. The summed E-state index contributed by atoms with van der Waals surface area (Å²) in [6.07, 6.45) is -5.91. The van der Waals surface area contributed by atoms with Crippen LogP contribution in [0.15, 0.2) is 0 Å². The third-order valence-corrected chi connectivity index (χ3v) is 4.17. The van der Waals surface area contributed by atoms with E-state index >= 15 is 0 Å². The van der Waals surface area contributed by atoms with Gasteiger partial charge in [0, 0.05) is 31.1 Å². The maximum Gasteiger partial charge on any atom is 0.321 e. The average molecular weight is 450 g/mol. The van der Waals surface area contributed by atoms with Crippen LogP contribution in [-0.2, 0) is 9.59 Å². The molecule has 0 aromatic carbocycles. The normalized spacial score (nSPS) is 17.4. The van der Waals surface area contributed by atoms with Gasteiger partial charge in [-0.05, 0) is 0 Å². The summed E-state index contributed by atoms with van der Waals surface area (Å²) in [7, 11) is 0. The van der Waals surface area contributed by atoms with Crippen LogP contribution in [0, 0.1) is 0 Å². The van der Waals surface area contributed by atoms with Crippen molar-refractivity contribution in [2.24, 2.45) is 5.73 Å². The Kier molecular flexibility index (Phi) is 18.1. The van der Waals surface area contributed by atoms with Crippen LogP contribution in [0.5, 0.6) is 0 Å². The molecule has 0 rings (SSSR count). The molecule has 6 atom stereocenters. The molecule has 168 valence electrons. The molecule has 0 radical (unpaired) electrons. The van der Waals surface area contributed by atoms with Crippen molar-refractivity contribution < 1.29 is 45.3 Å². The van der Waals surface area contributed by atoms with E-state index in [4.69, 9.17) is 41.5 Å². The van der Waals surface area contributed by atoms with E-state index in [-0.39, 0.29) is 18.1 Å². The molecule has 6 unspecified atom stereocenters. The lowest BCUT2D eigenvalue weighted by atomic mass is 10.0. The second-order valence-electron chi connectivity index (χ2n) is 5.59. The molecule has 0 saturated heterocycles. The van der Waals surface area contributed by atoms with Crippen molar-refractivity contribution in [3.63, 3.8) is 0 Å². The molecule has 0 saturated carbocycles. The molecule has 0 bridgehead atoms. The Morgan fingerprint density at radius 1 is 0.821 bits per heavy atom. The first-order valence-electron chi connectivity index (χ1n) is 8.24. The highest BCUT2D eigenvalue weighted by Gasteiger charge is 2.28. The van der Waals surface area contributed by atoms with Crippen LogP contribution in [0.25, 0.3) is 0 Å². The zero-order chi connectivity index (χ0) is 22.3. The standard InChI is InChI=1S/C8H16N2O4S2.C6H15NO5/c11-7(12)5(3-15)9-1-2-10-6(4-16)8(13)14;7-1-3(9)5(11)6(12)4(10)2-8/h5-6,9-10,15-16H,1-4H2,(H,11,12)(H,13,14);3-6,8-12H,1-2,7H2. The number of aliphatic carboxylic acids is 2. The monoisotopic (exact) mass is 449 g/mol. The summed E-state index contributed by atoms with van der Waals surface area (Å²) in [5, 5.41) is 67.0. The van der Waals surface area contributed by atoms with Crippen LogP contribution < -0.4 is 16.4 Å². The van der Waals surface area contributed by atoms with Gasteiger partial charge in [-0.2, -0.15) is 25.3 Å². The van der Waals surface area contributed by atoms with E-state index in [1.165, 1.54) is 0 Å². The molecule has 0 amide bonds. The number of carboxylic acid groups (broad SMARTS) is 2. The Hall–Kier alpha value is -0.680. The Morgan fingerprint density at radius 2 is 1.18 bits per heavy atom. The predicted molar refractivity (Wildman–Crippen MR) is 107 cm³/mol. The summed E-state index contributed by atoms with van der Waals surface area (Å²) in [4.78, 5) is 21.2. The molecule has 0 aliphatic rings. The zero-order valence-electron chi connectivity index (χ0n) is 15.1. The van der Waals surface area contributed by atoms with Gasteiger partial charge in [-0.25, -0.2) is 0 Å². The SMILES string of the molecule is NCC(O)C(O)C(O)C(O)CO.O=C(O)C(CS)NCCNC(CS)C(=O)O. The number of hydrogen-bond donors (Lipinski definition) is 12. The molecule has 0 spiro atoms. The van der Waals surface area contributed by atoms with E-state index in [1.54, 1.807) is 0 Å². The lowest BCUT2D eigenvalue weighted by Gasteiger charge is -2.24. The second-order valence-corrected chi connectivity index (χ2v) is 6.32. The number of thiol groups is 2. The first kappa shape index (κ1) is 29.5. The van der Waals surface area contributed by atoms with Crippen molar-refractivity contribution >= 4 is 37.2 Å². The summed E-state index contributed by atoms with van der Waals surface area (Å²) in [6.45, 7) is -0.198. The first-order chi connectivity index (χ1) is 13.1. The van der Waals surface area contributed by atoms with Crippen molar-refractivity contribution in [3.8, 4) is 0 Å². The number of aliphatic hydroxyl groups excluding tert-OH is 5. The van der Waals surface area contributed by atoms with Crippen LogP contribution in [0.2, 0.25) is 0 Å². The van der Waals surface area contributed by atoms with Crippen molar-refractivity contribution in [2.75, 3.05) is 37.7 Å². The molecule has 0 aliphatic heterocycles. The Bertz CT molecular complexity index is 399. The van der Waals surface area contributed by atoms with Gasteiger partial charge in [-0.3, -0.25) is 9.59 Å². The van der Waals surface area contributed by atoms with Gasteiger partial charge in [0.15, 0.2) is 0 Å². The molecule has 11 N–H and O–H groups in total. The fourth-order valence-corrected chi connectivity index (χ4v) is 2.23. The van der Waals surface area contributed by atoms with Crippen molar-refractivity contribution in [1.82, 2.24) is 10.6 Å². The number of nitrogens with two attached hydrogens (primary N) is 1. The number of hydrogen-bond acceptors (Lipinski definition) is 12. The zero-order valence-corrected chi connectivity index (χ0v) is 16.9. The molecule has 0 heterocycles.